The quantitative estimate of drug-likeness (QED) is 0.879. The van der Waals surface area contributed by atoms with Crippen LogP contribution in [0.4, 0.5) is 0 Å². The molecule has 96 valence electrons. The van der Waals surface area contributed by atoms with E-state index in [0.717, 1.165) is 16.5 Å². The number of halogens is 2. The van der Waals surface area contributed by atoms with E-state index < -0.39 is 6.10 Å². The van der Waals surface area contributed by atoms with Gasteiger partial charge in [-0.1, -0.05) is 32.4 Å². The predicted octanol–water partition coefficient (Wildman–Crippen LogP) is 4.58. The number of aliphatic hydroxyl groups excluding tert-OH is 1. The molecule has 0 aliphatic heterocycles. The summed E-state index contributed by atoms with van der Waals surface area (Å²) in [6.45, 7) is 6.09. The molecule has 0 aliphatic carbocycles. The van der Waals surface area contributed by atoms with Crippen molar-refractivity contribution < 1.29 is 9.84 Å². The largest absolute Gasteiger partial charge is 0.495 e. The van der Waals surface area contributed by atoms with Crippen LogP contribution in [0.2, 0.25) is 5.02 Å². The standard InChI is InChI=1S/C13H18BrClO2/c1-5-13(2,3)12(16)9-6-8(15)7-10(14)11(9)17-4/h6-7,12,16H,5H2,1-4H3. The first-order valence-corrected chi connectivity index (χ1v) is 6.71. The lowest BCUT2D eigenvalue weighted by molar-refractivity contribution is 0.0445. The van der Waals surface area contributed by atoms with Crippen molar-refractivity contribution in [3.05, 3.63) is 27.2 Å². The molecule has 1 aromatic rings. The fraction of sp³-hybridized carbons (Fsp3) is 0.538. The van der Waals surface area contributed by atoms with Gasteiger partial charge in [0, 0.05) is 10.6 Å². The van der Waals surface area contributed by atoms with Crippen LogP contribution in [-0.4, -0.2) is 12.2 Å². The van der Waals surface area contributed by atoms with Crippen LogP contribution in [0.1, 0.15) is 38.9 Å². The maximum atomic E-state index is 10.4. The van der Waals surface area contributed by atoms with Gasteiger partial charge in [0.15, 0.2) is 0 Å². The summed E-state index contributed by atoms with van der Waals surface area (Å²) in [5.41, 5.74) is 0.496. The van der Waals surface area contributed by atoms with Gasteiger partial charge in [0.2, 0.25) is 0 Å². The van der Waals surface area contributed by atoms with Crippen LogP contribution in [0.5, 0.6) is 5.75 Å². The second kappa shape index (κ2) is 5.59. The third kappa shape index (κ3) is 3.15. The van der Waals surface area contributed by atoms with Crippen LogP contribution in [0.25, 0.3) is 0 Å². The van der Waals surface area contributed by atoms with Crippen LogP contribution in [0, 0.1) is 5.41 Å². The van der Waals surface area contributed by atoms with Gasteiger partial charge in [-0.3, -0.25) is 0 Å². The molecule has 1 unspecified atom stereocenters. The molecular formula is C13H18BrClO2. The van der Waals surface area contributed by atoms with Crippen LogP contribution in [0.15, 0.2) is 16.6 Å². The van der Waals surface area contributed by atoms with Gasteiger partial charge in [-0.15, -0.1) is 0 Å². The molecule has 0 heterocycles. The number of methoxy groups -OCH3 is 1. The fourth-order valence-electron chi connectivity index (χ4n) is 1.61. The van der Waals surface area contributed by atoms with Crippen molar-refractivity contribution in [2.24, 2.45) is 5.41 Å². The van der Waals surface area contributed by atoms with Crippen molar-refractivity contribution >= 4 is 27.5 Å². The summed E-state index contributed by atoms with van der Waals surface area (Å²) in [5, 5.41) is 11.0. The first-order chi connectivity index (χ1) is 7.83. The van der Waals surface area contributed by atoms with E-state index in [9.17, 15) is 5.11 Å². The van der Waals surface area contributed by atoms with E-state index in [1.807, 2.05) is 13.8 Å². The van der Waals surface area contributed by atoms with E-state index in [2.05, 4.69) is 22.9 Å². The fourth-order valence-corrected chi connectivity index (χ4v) is 2.61. The van der Waals surface area contributed by atoms with Gasteiger partial charge in [0.25, 0.3) is 0 Å². The van der Waals surface area contributed by atoms with Crippen molar-refractivity contribution in [2.45, 2.75) is 33.3 Å². The molecule has 17 heavy (non-hydrogen) atoms. The lowest BCUT2D eigenvalue weighted by atomic mass is 9.80. The highest BCUT2D eigenvalue weighted by molar-refractivity contribution is 9.10. The molecule has 0 bridgehead atoms. The summed E-state index contributed by atoms with van der Waals surface area (Å²) >= 11 is 9.41. The monoisotopic (exact) mass is 320 g/mol. The first kappa shape index (κ1) is 14.8. The molecular weight excluding hydrogens is 303 g/mol. The number of hydrogen-bond donors (Lipinski definition) is 1. The van der Waals surface area contributed by atoms with Gasteiger partial charge in [-0.2, -0.15) is 0 Å². The molecule has 0 radical (unpaired) electrons. The SMILES string of the molecule is CCC(C)(C)C(O)c1cc(Cl)cc(Br)c1OC. The second-order valence-corrected chi connectivity index (χ2v) is 6.05. The third-order valence-electron chi connectivity index (χ3n) is 3.19. The van der Waals surface area contributed by atoms with Gasteiger partial charge < -0.3 is 9.84 Å². The average Bonchev–Trinajstić information content (AvgIpc) is 2.27. The Morgan fingerprint density at radius 3 is 2.53 bits per heavy atom. The van der Waals surface area contributed by atoms with Crippen molar-refractivity contribution in [1.29, 1.82) is 0 Å². The Bertz CT molecular complexity index is 405. The van der Waals surface area contributed by atoms with Crippen LogP contribution in [-0.2, 0) is 0 Å². The average molecular weight is 322 g/mol. The number of ether oxygens (including phenoxy) is 1. The molecule has 0 saturated carbocycles. The van der Waals surface area contributed by atoms with E-state index in [1.165, 1.54) is 0 Å². The Hall–Kier alpha value is -0.250. The molecule has 1 aromatic carbocycles. The van der Waals surface area contributed by atoms with Crippen LogP contribution in [0.3, 0.4) is 0 Å². The molecule has 1 rings (SSSR count). The molecule has 0 spiro atoms. The topological polar surface area (TPSA) is 29.5 Å². The van der Waals surface area contributed by atoms with Gasteiger partial charge >= 0.3 is 0 Å². The highest BCUT2D eigenvalue weighted by Crippen LogP contribution is 2.43. The highest BCUT2D eigenvalue weighted by atomic mass is 79.9. The number of aliphatic hydroxyl groups is 1. The van der Waals surface area contributed by atoms with Crippen molar-refractivity contribution in [2.75, 3.05) is 7.11 Å². The van der Waals surface area contributed by atoms with Crippen molar-refractivity contribution in [3.63, 3.8) is 0 Å². The first-order valence-electron chi connectivity index (χ1n) is 5.54. The maximum Gasteiger partial charge on any atom is 0.138 e. The molecule has 0 aliphatic rings. The molecule has 1 N–H and O–H groups in total. The van der Waals surface area contributed by atoms with Crippen LogP contribution < -0.4 is 4.74 Å². The molecule has 0 amide bonds. The number of benzene rings is 1. The van der Waals surface area contributed by atoms with E-state index in [1.54, 1.807) is 19.2 Å². The summed E-state index contributed by atoms with van der Waals surface area (Å²) in [7, 11) is 1.59. The van der Waals surface area contributed by atoms with Crippen molar-refractivity contribution in [1.82, 2.24) is 0 Å². The highest BCUT2D eigenvalue weighted by Gasteiger charge is 2.30. The molecule has 0 saturated heterocycles. The lowest BCUT2D eigenvalue weighted by Crippen LogP contribution is -2.21. The predicted molar refractivity (Wildman–Crippen MR) is 74.7 cm³/mol. The summed E-state index contributed by atoms with van der Waals surface area (Å²) < 4.78 is 6.08. The summed E-state index contributed by atoms with van der Waals surface area (Å²) in [6, 6.07) is 3.52. The zero-order valence-corrected chi connectivity index (χ0v) is 12.9. The zero-order chi connectivity index (χ0) is 13.2. The Morgan fingerprint density at radius 1 is 1.47 bits per heavy atom. The minimum atomic E-state index is -0.613. The van der Waals surface area contributed by atoms with Gasteiger partial charge in [-0.25, -0.2) is 0 Å². The normalized spacial score (nSPS) is 13.6. The Kier molecular flexibility index (Phi) is 4.87. The van der Waals surface area contributed by atoms with Gasteiger partial charge in [-0.05, 0) is 39.9 Å². The summed E-state index contributed by atoms with van der Waals surface area (Å²) in [6.07, 6.45) is 0.249. The summed E-state index contributed by atoms with van der Waals surface area (Å²) in [4.78, 5) is 0. The van der Waals surface area contributed by atoms with Crippen molar-refractivity contribution in [3.8, 4) is 5.75 Å². The molecule has 0 fully saturated rings. The van der Waals surface area contributed by atoms with E-state index in [-0.39, 0.29) is 5.41 Å². The molecule has 1 atom stereocenters. The van der Waals surface area contributed by atoms with Gasteiger partial charge in [0.1, 0.15) is 5.75 Å². The van der Waals surface area contributed by atoms with E-state index in [0.29, 0.717) is 10.8 Å². The Balaban J connectivity index is 3.30. The molecule has 0 aromatic heterocycles. The Morgan fingerprint density at radius 2 is 2.06 bits per heavy atom. The minimum Gasteiger partial charge on any atom is -0.495 e. The summed E-state index contributed by atoms with van der Waals surface area (Å²) in [5.74, 6) is 0.642. The van der Waals surface area contributed by atoms with E-state index in [4.69, 9.17) is 16.3 Å². The van der Waals surface area contributed by atoms with Gasteiger partial charge in [0.05, 0.1) is 17.7 Å². The maximum absolute atomic E-state index is 10.4. The minimum absolute atomic E-state index is 0.225. The molecule has 2 nitrogen and oxygen atoms in total. The van der Waals surface area contributed by atoms with E-state index >= 15 is 0 Å². The number of hydrogen-bond acceptors (Lipinski definition) is 2. The second-order valence-electron chi connectivity index (χ2n) is 4.75. The molecule has 4 heteroatoms. The number of rotatable bonds is 4. The Labute approximate surface area is 116 Å². The third-order valence-corrected chi connectivity index (χ3v) is 3.99. The zero-order valence-electron chi connectivity index (χ0n) is 10.6. The smallest absolute Gasteiger partial charge is 0.138 e. The lowest BCUT2D eigenvalue weighted by Gasteiger charge is -2.30. The van der Waals surface area contributed by atoms with Crippen LogP contribution >= 0.6 is 27.5 Å².